The molecule has 0 bridgehead atoms. The predicted octanol–water partition coefficient (Wildman–Crippen LogP) is 2.62. The van der Waals surface area contributed by atoms with Gasteiger partial charge in [-0.05, 0) is 39.0 Å². The number of carbonyl (C=O) groups is 2. The van der Waals surface area contributed by atoms with Crippen LogP contribution in [0, 0.1) is 11.8 Å². The van der Waals surface area contributed by atoms with Crippen LogP contribution in [0.4, 0.5) is 0 Å². The second-order valence-corrected chi connectivity index (χ2v) is 9.11. The smallest absolute Gasteiger partial charge is 0.240 e. The lowest BCUT2D eigenvalue weighted by Gasteiger charge is -2.43. The third kappa shape index (κ3) is 5.93. The van der Waals surface area contributed by atoms with E-state index in [1.807, 2.05) is 16.8 Å². The maximum atomic E-state index is 13.4. The molecule has 0 aliphatic carbocycles. The van der Waals surface area contributed by atoms with Gasteiger partial charge < -0.3 is 14.5 Å². The van der Waals surface area contributed by atoms with E-state index in [2.05, 4.69) is 39.5 Å². The Balaban J connectivity index is 1.94. The van der Waals surface area contributed by atoms with E-state index in [1.54, 1.807) is 0 Å². The van der Waals surface area contributed by atoms with Gasteiger partial charge >= 0.3 is 0 Å². The van der Waals surface area contributed by atoms with Crippen molar-refractivity contribution < 1.29 is 14.3 Å². The molecule has 6 nitrogen and oxygen atoms in total. The van der Waals surface area contributed by atoms with Gasteiger partial charge in [0.2, 0.25) is 11.8 Å². The number of rotatable bonds is 7. The predicted molar refractivity (Wildman–Crippen MR) is 112 cm³/mol. The molecule has 0 N–H and O–H groups in total. The number of hydrogen-bond acceptors (Lipinski definition) is 4. The summed E-state index contributed by atoms with van der Waals surface area (Å²) in [7, 11) is 1.91. The van der Waals surface area contributed by atoms with Crippen LogP contribution < -0.4 is 0 Å². The highest BCUT2D eigenvalue weighted by Crippen LogP contribution is 2.24. The number of hydrogen-bond donors (Lipinski definition) is 0. The number of piperidine rings is 1. The molecule has 2 fully saturated rings. The van der Waals surface area contributed by atoms with Gasteiger partial charge in [-0.3, -0.25) is 14.5 Å². The van der Waals surface area contributed by atoms with E-state index in [-0.39, 0.29) is 41.9 Å². The lowest BCUT2D eigenvalue weighted by Crippen LogP contribution is -2.58. The van der Waals surface area contributed by atoms with Gasteiger partial charge in [-0.2, -0.15) is 0 Å². The first kappa shape index (κ1) is 23.1. The Labute approximate surface area is 171 Å². The fourth-order valence-electron chi connectivity index (χ4n) is 4.66. The van der Waals surface area contributed by atoms with Crippen molar-refractivity contribution in [3.05, 3.63) is 0 Å². The Hall–Kier alpha value is -1.14. The molecule has 2 aliphatic heterocycles. The molecule has 2 aliphatic rings. The summed E-state index contributed by atoms with van der Waals surface area (Å²) in [5.41, 5.74) is 0. The molecule has 0 aromatic heterocycles. The van der Waals surface area contributed by atoms with Crippen molar-refractivity contribution in [3.63, 3.8) is 0 Å². The Morgan fingerprint density at radius 3 is 2.18 bits per heavy atom. The molecule has 0 saturated carbocycles. The van der Waals surface area contributed by atoms with Crippen LogP contribution in [-0.2, 0) is 14.3 Å². The summed E-state index contributed by atoms with van der Waals surface area (Å²) >= 11 is 0. The van der Waals surface area contributed by atoms with Crippen molar-refractivity contribution in [3.8, 4) is 0 Å². The summed E-state index contributed by atoms with van der Waals surface area (Å²) in [5, 5.41) is 0. The van der Waals surface area contributed by atoms with Gasteiger partial charge in [0.05, 0.1) is 18.2 Å². The minimum Gasteiger partial charge on any atom is -0.373 e. The van der Waals surface area contributed by atoms with Gasteiger partial charge in [0.15, 0.2) is 0 Å². The van der Waals surface area contributed by atoms with Crippen molar-refractivity contribution in [1.29, 1.82) is 0 Å². The highest BCUT2D eigenvalue weighted by atomic mass is 16.5. The second-order valence-electron chi connectivity index (χ2n) is 9.11. The van der Waals surface area contributed by atoms with E-state index in [0.29, 0.717) is 13.1 Å². The molecular weight excluding hydrogens is 354 g/mol. The summed E-state index contributed by atoms with van der Waals surface area (Å²) in [4.78, 5) is 32.2. The van der Waals surface area contributed by atoms with Crippen molar-refractivity contribution in [1.82, 2.24) is 14.7 Å². The molecule has 0 aromatic rings. The van der Waals surface area contributed by atoms with Gasteiger partial charge in [0, 0.05) is 45.7 Å². The normalized spacial score (nSPS) is 25.8. The van der Waals surface area contributed by atoms with Gasteiger partial charge in [0.1, 0.15) is 0 Å². The van der Waals surface area contributed by atoms with E-state index in [9.17, 15) is 9.59 Å². The molecule has 162 valence electrons. The fraction of sp³-hybridized carbons (Fsp3) is 0.909. The topological polar surface area (TPSA) is 53.1 Å². The standard InChI is InChI=1S/C22H41N3O3/c1-7-8-11-23(6)21(26)19-9-12-24(13-10-19)22(27)20(16(2)3)25-14-17(4)28-18(5)15-25/h16-20H,7-15H2,1-6H3. The third-order valence-electron chi connectivity index (χ3n) is 6.10. The fourth-order valence-corrected chi connectivity index (χ4v) is 4.66. The quantitative estimate of drug-likeness (QED) is 0.665. The first-order valence-electron chi connectivity index (χ1n) is 11.2. The van der Waals surface area contributed by atoms with Crippen LogP contribution in [0.2, 0.25) is 0 Å². The van der Waals surface area contributed by atoms with Crippen LogP contribution in [-0.4, -0.2) is 84.5 Å². The van der Waals surface area contributed by atoms with Crippen LogP contribution in [0.25, 0.3) is 0 Å². The summed E-state index contributed by atoms with van der Waals surface area (Å²) in [6.07, 6.45) is 4.01. The summed E-state index contributed by atoms with van der Waals surface area (Å²) in [5.74, 6) is 0.787. The molecule has 0 aromatic carbocycles. The molecule has 0 radical (unpaired) electrons. The van der Waals surface area contributed by atoms with Crippen molar-refractivity contribution in [2.75, 3.05) is 39.8 Å². The first-order valence-corrected chi connectivity index (χ1v) is 11.2. The lowest BCUT2D eigenvalue weighted by molar-refractivity contribution is -0.149. The molecule has 3 unspecified atom stereocenters. The number of nitrogens with zero attached hydrogens (tertiary/aromatic N) is 3. The molecule has 2 amide bonds. The average Bonchev–Trinajstić information content (AvgIpc) is 2.64. The summed E-state index contributed by atoms with van der Waals surface area (Å²) in [6.45, 7) is 14.4. The monoisotopic (exact) mass is 395 g/mol. The number of likely N-dealkylation sites (tertiary alicyclic amines) is 1. The average molecular weight is 396 g/mol. The first-order chi connectivity index (χ1) is 13.2. The zero-order valence-electron chi connectivity index (χ0n) is 18.8. The molecule has 3 atom stereocenters. The van der Waals surface area contributed by atoms with E-state index in [4.69, 9.17) is 4.74 Å². The van der Waals surface area contributed by atoms with Gasteiger partial charge in [-0.1, -0.05) is 27.2 Å². The number of morpholine rings is 1. The SMILES string of the molecule is CCCCN(C)C(=O)C1CCN(C(=O)C(C(C)C)N2CC(C)OC(C)C2)CC1. The third-order valence-corrected chi connectivity index (χ3v) is 6.10. The Bertz CT molecular complexity index is 507. The molecule has 0 spiro atoms. The minimum atomic E-state index is -0.103. The highest BCUT2D eigenvalue weighted by Gasteiger charge is 2.38. The van der Waals surface area contributed by atoms with E-state index in [0.717, 1.165) is 45.3 Å². The Kier molecular flexibility index (Phi) is 8.75. The second kappa shape index (κ2) is 10.6. The van der Waals surface area contributed by atoms with Gasteiger partial charge in [0.25, 0.3) is 0 Å². The number of unbranched alkanes of at least 4 members (excludes halogenated alkanes) is 1. The molecule has 2 rings (SSSR count). The molecule has 2 heterocycles. The molecular formula is C22H41N3O3. The van der Waals surface area contributed by atoms with E-state index < -0.39 is 0 Å². The zero-order valence-corrected chi connectivity index (χ0v) is 18.8. The van der Waals surface area contributed by atoms with Crippen molar-refractivity contribution in [2.24, 2.45) is 11.8 Å². The van der Waals surface area contributed by atoms with Crippen LogP contribution in [0.5, 0.6) is 0 Å². The Morgan fingerprint density at radius 2 is 1.68 bits per heavy atom. The van der Waals surface area contributed by atoms with Crippen LogP contribution in [0.3, 0.4) is 0 Å². The molecule has 2 saturated heterocycles. The van der Waals surface area contributed by atoms with Crippen LogP contribution >= 0.6 is 0 Å². The zero-order chi connectivity index (χ0) is 20.8. The maximum Gasteiger partial charge on any atom is 0.240 e. The van der Waals surface area contributed by atoms with Crippen LogP contribution in [0.1, 0.15) is 60.3 Å². The van der Waals surface area contributed by atoms with Gasteiger partial charge in [-0.25, -0.2) is 0 Å². The van der Waals surface area contributed by atoms with Crippen LogP contribution in [0.15, 0.2) is 0 Å². The van der Waals surface area contributed by atoms with Crippen molar-refractivity contribution >= 4 is 11.8 Å². The molecule has 6 heteroatoms. The number of ether oxygens (including phenoxy) is 1. The van der Waals surface area contributed by atoms with Gasteiger partial charge in [-0.15, -0.1) is 0 Å². The molecule has 28 heavy (non-hydrogen) atoms. The lowest BCUT2D eigenvalue weighted by atomic mass is 9.93. The number of amides is 2. The van der Waals surface area contributed by atoms with E-state index in [1.165, 1.54) is 0 Å². The highest BCUT2D eigenvalue weighted by molar-refractivity contribution is 5.83. The summed E-state index contributed by atoms with van der Waals surface area (Å²) in [6, 6.07) is -0.103. The minimum absolute atomic E-state index is 0.0619. The maximum absolute atomic E-state index is 13.4. The number of carbonyl (C=O) groups excluding carboxylic acids is 2. The largest absolute Gasteiger partial charge is 0.373 e. The summed E-state index contributed by atoms with van der Waals surface area (Å²) < 4.78 is 5.85. The van der Waals surface area contributed by atoms with Crippen molar-refractivity contribution in [2.45, 2.75) is 78.6 Å². The van der Waals surface area contributed by atoms with E-state index >= 15 is 0 Å². The Morgan fingerprint density at radius 1 is 1.11 bits per heavy atom.